The molecule has 0 aliphatic carbocycles. The Morgan fingerprint density at radius 2 is 1.89 bits per heavy atom. The van der Waals surface area contributed by atoms with Gasteiger partial charge in [-0.05, 0) is 56.8 Å². The van der Waals surface area contributed by atoms with Crippen LogP contribution < -0.4 is 14.5 Å². The first kappa shape index (κ1) is 31.6. The van der Waals surface area contributed by atoms with Crippen molar-refractivity contribution in [2.75, 3.05) is 56.2 Å². The molecule has 3 aliphatic heterocycles. The lowest BCUT2D eigenvalue weighted by molar-refractivity contribution is -0.129. The summed E-state index contributed by atoms with van der Waals surface area (Å²) in [5, 5.41) is 11.9. The van der Waals surface area contributed by atoms with Crippen molar-refractivity contribution in [3.05, 3.63) is 65.4 Å². The number of benzene rings is 2. The molecule has 2 atom stereocenters. The van der Waals surface area contributed by atoms with E-state index in [9.17, 15) is 23.2 Å². The SMILES string of the molecule is Cc1cccc2cccc(N3CCc4c(nc(OCC5CCCN5C)nc4N4CCN(C(=O)/C=C/C(F)(F)F)C(CC#N)C4)C3)c12. The zero-order valence-electron chi connectivity index (χ0n) is 26.1. The van der Waals surface area contributed by atoms with Crippen LogP contribution in [0.3, 0.4) is 0 Å². The van der Waals surface area contributed by atoms with Crippen LogP contribution in [0.15, 0.2) is 48.6 Å². The molecule has 242 valence electrons. The van der Waals surface area contributed by atoms with Gasteiger partial charge in [-0.3, -0.25) is 4.79 Å². The van der Waals surface area contributed by atoms with Crippen LogP contribution >= 0.6 is 0 Å². The first-order valence-electron chi connectivity index (χ1n) is 15.8. The Morgan fingerprint density at radius 3 is 2.63 bits per heavy atom. The Labute approximate surface area is 266 Å². The lowest BCUT2D eigenvalue weighted by atomic mass is 9.99. The van der Waals surface area contributed by atoms with Gasteiger partial charge in [0.25, 0.3) is 0 Å². The van der Waals surface area contributed by atoms with Gasteiger partial charge in [0.15, 0.2) is 0 Å². The molecule has 2 aromatic carbocycles. The lowest BCUT2D eigenvalue weighted by Gasteiger charge is -2.42. The first-order valence-corrected chi connectivity index (χ1v) is 15.8. The van der Waals surface area contributed by atoms with Gasteiger partial charge >= 0.3 is 12.2 Å². The molecule has 9 nitrogen and oxygen atoms in total. The van der Waals surface area contributed by atoms with Gasteiger partial charge in [-0.1, -0.05) is 30.3 Å². The minimum absolute atomic E-state index is 0.0129. The van der Waals surface area contributed by atoms with Crippen molar-refractivity contribution in [2.45, 2.75) is 57.4 Å². The summed E-state index contributed by atoms with van der Waals surface area (Å²) in [5.41, 5.74) is 4.20. The number of amides is 1. The van der Waals surface area contributed by atoms with Gasteiger partial charge in [-0.15, -0.1) is 0 Å². The maximum absolute atomic E-state index is 12.8. The predicted molar refractivity (Wildman–Crippen MR) is 170 cm³/mol. The first-order chi connectivity index (χ1) is 22.1. The van der Waals surface area contributed by atoms with Crippen molar-refractivity contribution in [1.29, 1.82) is 5.26 Å². The van der Waals surface area contributed by atoms with Crippen LogP contribution in [0.2, 0.25) is 0 Å². The molecule has 2 fully saturated rings. The molecule has 2 saturated heterocycles. The number of piperazine rings is 1. The number of carbonyl (C=O) groups excluding carboxylic acids is 1. The maximum atomic E-state index is 12.8. The van der Waals surface area contributed by atoms with E-state index in [1.54, 1.807) is 0 Å². The normalized spacial score (nSPS) is 20.7. The fourth-order valence-electron chi connectivity index (χ4n) is 6.93. The quantitative estimate of drug-likeness (QED) is 0.335. The third-order valence-electron chi connectivity index (χ3n) is 9.34. The predicted octanol–water partition coefficient (Wildman–Crippen LogP) is 5.02. The number of likely N-dealkylation sites (N-methyl/N-ethyl adjacent to an activating group) is 1. The summed E-state index contributed by atoms with van der Waals surface area (Å²) < 4.78 is 44.6. The number of anilines is 2. The molecule has 0 saturated carbocycles. The standard InChI is InChI=1S/C34H38F3N7O2/c1-23-6-3-7-24-8-4-10-29(31(23)24)42-17-13-27-28(21-42)39-33(46-22-26-9-5-16-41(26)2)40-32(27)43-18-19-44(25(20-43)12-15-38)30(45)11-14-34(35,36)37/h3-4,6-8,10-11,14,25-26H,5,9,12-13,16-22H2,1-2H3/b14-11+. The second kappa shape index (κ2) is 13.2. The number of hydrogen-bond donors (Lipinski definition) is 0. The third kappa shape index (κ3) is 6.75. The Morgan fingerprint density at radius 1 is 1.09 bits per heavy atom. The van der Waals surface area contributed by atoms with Crippen LogP contribution in [0.1, 0.15) is 36.1 Å². The maximum Gasteiger partial charge on any atom is 0.409 e. The Balaban J connectivity index is 1.31. The number of halogens is 3. The number of allylic oxidation sites excluding steroid dienone is 1. The van der Waals surface area contributed by atoms with E-state index in [0.717, 1.165) is 42.9 Å². The highest BCUT2D eigenvalue weighted by atomic mass is 19.4. The molecule has 46 heavy (non-hydrogen) atoms. The van der Waals surface area contributed by atoms with Crippen LogP contribution in [-0.4, -0.2) is 90.3 Å². The Hall–Kier alpha value is -4.37. The number of nitriles is 1. The number of nitrogens with zero attached hydrogens (tertiary/aromatic N) is 7. The van der Waals surface area contributed by atoms with Crippen molar-refractivity contribution < 1.29 is 22.7 Å². The summed E-state index contributed by atoms with van der Waals surface area (Å²) in [5.74, 6) is -0.0536. The van der Waals surface area contributed by atoms with Gasteiger partial charge in [0.05, 0.1) is 30.8 Å². The highest BCUT2D eigenvalue weighted by Crippen LogP contribution is 2.36. The Bertz CT molecular complexity index is 1670. The number of aromatic nitrogens is 2. The minimum Gasteiger partial charge on any atom is -0.462 e. The molecule has 2 unspecified atom stereocenters. The summed E-state index contributed by atoms with van der Waals surface area (Å²) in [7, 11) is 2.09. The minimum atomic E-state index is -4.59. The van der Waals surface area contributed by atoms with Crippen molar-refractivity contribution in [2.24, 2.45) is 0 Å². The molecular formula is C34H38F3N7O2. The molecule has 0 bridgehead atoms. The molecule has 4 heterocycles. The molecule has 3 aliphatic rings. The van der Waals surface area contributed by atoms with Crippen LogP contribution in [0.4, 0.5) is 24.7 Å². The summed E-state index contributed by atoms with van der Waals surface area (Å²) in [6.45, 7) is 5.69. The molecule has 3 aromatic rings. The van der Waals surface area contributed by atoms with Crippen molar-refractivity contribution in [3.63, 3.8) is 0 Å². The van der Waals surface area contributed by atoms with Gasteiger partial charge < -0.3 is 24.3 Å². The second-order valence-corrected chi connectivity index (χ2v) is 12.3. The number of ether oxygens (including phenoxy) is 1. The molecule has 12 heteroatoms. The van der Waals surface area contributed by atoms with Gasteiger partial charge in [0.1, 0.15) is 12.4 Å². The fourth-order valence-corrected chi connectivity index (χ4v) is 6.93. The number of hydrogen-bond acceptors (Lipinski definition) is 8. The number of aryl methyl sites for hydroxylation is 1. The highest BCUT2D eigenvalue weighted by Gasteiger charge is 2.34. The number of alkyl halides is 3. The summed E-state index contributed by atoms with van der Waals surface area (Å²) >= 11 is 0. The van der Waals surface area contributed by atoms with Gasteiger partial charge in [0.2, 0.25) is 5.91 Å². The molecule has 0 radical (unpaired) electrons. The molecule has 1 aromatic heterocycles. The topological polar surface area (TPSA) is 88.8 Å². The summed E-state index contributed by atoms with van der Waals surface area (Å²) in [6.07, 6.45) is -1.29. The zero-order chi connectivity index (χ0) is 32.4. The molecule has 0 spiro atoms. The van der Waals surface area contributed by atoms with Crippen molar-refractivity contribution in [1.82, 2.24) is 19.8 Å². The average Bonchev–Trinajstić information content (AvgIpc) is 3.46. The largest absolute Gasteiger partial charge is 0.462 e. The van der Waals surface area contributed by atoms with Crippen molar-refractivity contribution in [3.8, 4) is 12.1 Å². The number of carbonyl (C=O) groups is 1. The lowest BCUT2D eigenvalue weighted by Crippen LogP contribution is -2.55. The van der Waals surface area contributed by atoms with Crippen LogP contribution in [-0.2, 0) is 17.8 Å². The van der Waals surface area contributed by atoms with Crippen LogP contribution in [0.25, 0.3) is 10.8 Å². The zero-order valence-corrected chi connectivity index (χ0v) is 26.1. The van der Waals surface area contributed by atoms with Crippen LogP contribution in [0, 0.1) is 18.3 Å². The van der Waals surface area contributed by atoms with E-state index in [-0.39, 0.29) is 37.6 Å². The van der Waals surface area contributed by atoms with E-state index in [2.05, 4.69) is 66.2 Å². The van der Waals surface area contributed by atoms with Gasteiger partial charge in [-0.25, -0.2) is 0 Å². The van der Waals surface area contributed by atoms with E-state index >= 15 is 0 Å². The smallest absolute Gasteiger partial charge is 0.409 e. The van der Waals surface area contributed by atoms with E-state index < -0.39 is 18.1 Å². The Kier molecular flexibility index (Phi) is 9.04. The van der Waals surface area contributed by atoms with E-state index in [1.165, 1.54) is 21.2 Å². The number of rotatable bonds is 7. The van der Waals surface area contributed by atoms with Gasteiger partial charge in [0, 0.05) is 61.0 Å². The third-order valence-corrected chi connectivity index (χ3v) is 9.34. The van der Waals surface area contributed by atoms with E-state index in [1.807, 2.05) is 4.90 Å². The van der Waals surface area contributed by atoms with Crippen molar-refractivity contribution >= 4 is 28.2 Å². The van der Waals surface area contributed by atoms with E-state index in [4.69, 9.17) is 14.7 Å². The van der Waals surface area contributed by atoms with Gasteiger partial charge in [-0.2, -0.15) is 28.4 Å². The highest BCUT2D eigenvalue weighted by molar-refractivity contribution is 5.97. The number of fused-ring (bicyclic) bond motifs is 2. The molecule has 1 amide bonds. The molecular weight excluding hydrogens is 595 g/mol. The van der Waals surface area contributed by atoms with Crippen LogP contribution in [0.5, 0.6) is 6.01 Å². The second-order valence-electron chi connectivity index (χ2n) is 12.3. The summed E-state index contributed by atoms with van der Waals surface area (Å²) in [4.78, 5) is 30.6. The fraction of sp³-hybridized carbons (Fsp3) is 0.471. The number of likely N-dealkylation sites (tertiary alicyclic amines) is 1. The molecule has 6 rings (SSSR count). The van der Waals surface area contributed by atoms with E-state index in [0.29, 0.717) is 38.0 Å². The monoisotopic (exact) mass is 633 g/mol. The average molecular weight is 634 g/mol. The molecule has 0 N–H and O–H groups in total. The summed E-state index contributed by atoms with van der Waals surface area (Å²) in [6, 6.07) is 14.7.